The fraction of sp³-hybridized carbons (Fsp3) is 0.111. The zero-order valence-electron chi connectivity index (χ0n) is 13.3. The van der Waals surface area contributed by atoms with Crippen LogP contribution in [-0.2, 0) is 11.3 Å². The van der Waals surface area contributed by atoms with Crippen molar-refractivity contribution in [2.24, 2.45) is 0 Å². The smallest absolute Gasteiger partial charge is 0.329 e. The highest BCUT2D eigenvalue weighted by molar-refractivity contribution is 6.30. The number of hydrogen-bond donors (Lipinski definition) is 1. The molecule has 7 heteroatoms. The van der Waals surface area contributed by atoms with Gasteiger partial charge in [0.25, 0.3) is 5.91 Å². The average molecular weight is 361 g/mol. The minimum Gasteiger partial charge on any atom is -0.496 e. The number of methoxy groups -OCH3 is 1. The Hall–Kier alpha value is -2.86. The van der Waals surface area contributed by atoms with E-state index in [1.54, 1.807) is 18.2 Å². The second kappa shape index (κ2) is 6.94. The summed E-state index contributed by atoms with van der Waals surface area (Å²) >= 11 is 5.97. The highest BCUT2D eigenvalue weighted by Crippen LogP contribution is 2.26. The molecule has 0 bridgehead atoms. The predicted molar refractivity (Wildman–Crippen MR) is 91.5 cm³/mol. The summed E-state index contributed by atoms with van der Waals surface area (Å²) in [7, 11) is 1.50. The molecule has 1 heterocycles. The summed E-state index contributed by atoms with van der Waals surface area (Å²) in [6.45, 7) is 0.0506. The van der Waals surface area contributed by atoms with Crippen LogP contribution in [0.2, 0.25) is 5.02 Å². The van der Waals surface area contributed by atoms with Crippen LogP contribution in [0, 0.1) is 5.82 Å². The molecule has 0 unspecified atom stereocenters. The molecule has 1 fully saturated rings. The fourth-order valence-electron chi connectivity index (χ4n) is 2.46. The Labute approximate surface area is 148 Å². The van der Waals surface area contributed by atoms with Crippen molar-refractivity contribution in [2.45, 2.75) is 6.54 Å². The van der Waals surface area contributed by atoms with Crippen LogP contribution in [0.5, 0.6) is 5.75 Å². The first-order valence-electron chi connectivity index (χ1n) is 7.40. The number of benzene rings is 2. The van der Waals surface area contributed by atoms with Crippen LogP contribution in [0.3, 0.4) is 0 Å². The van der Waals surface area contributed by atoms with Crippen LogP contribution in [0.1, 0.15) is 11.1 Å². The fourth-order valence-corrected chi connectivity index (χ4v) is 2.64. The number of nitrogens with one attached hydrogen (secondary N) is 1. The number of ether oxygens (including phenoxy) is 1. The first kappa shape index (κ1) is 17.0. The van der Waals surface area contributed by atoms with E-state index in [-0.39, 0.29) is 18.1 Å². The Morgan fingerprint density at radius 2 is 1.92 bits per heavy atom. The van der Waals surface area contributed by atoms with Crippen molar-refractivity contribution < 1.29 is 18.7 Å². The summed E-state index contributed by atoms with van der Waals surface area (Å²) < 4.78 is 18.2. The minimum absolute atomic E-state index is 0.0506. The second-order valence-corrected chi connectivity index (χ2v) is 5.83. The van der Waals surface area contributed by atoms with E-state index >= 15 is 0 Å². The van der Waals surface area contributed by atoms with Crippen molar-refractivity contribution in [1.29, 1.82) is 0 Å². The third kappa shape index (κ3) is 3.64. The van der Waals surface area contributed by atoms with Gasteiger partial charge in [-0.2, -0.15) is 0 Å². The Kier molecular flexibility index (Phi) is 4.72. The van der Waals surface area contributed by atoms with E-state index in [1.807, 2.05) is 0 Å². The molecule has 5 nitrogen and oxygen atoms in total. The highest BCUT2D eigenvalue weighted by atomic mass is 35.5. The SMILES string of the molecule is COc1ccc(Cl)cc1C=C1NC(=O)N(Cc2ccc(F)cc2)C1=O. The van der Waals surface area contributed by atoms with Gasteiger partial charge in [-0.25, -0.2) is 9.18 Å². The van der Waals surface area contributed by atoms with Gasteiger partial charge < -0.3 is 10.1 Å². The highest BCUT2D eigenvalue weighted by Gasteiger charge is 2.33. The summed E-state index contributed by atoms with van der Waals surface area (Å²) in [4.78, 5) is 25.7. The standard InChI is InChI=1S/C18H14ClFN2O3/c1-25-16-7-4-13(19)8-12(16)9-15-17(23)22(18(24)21-15)10-11-2-5-14(20)6-3-11/h2-9H,10H2,1H3,(H,21,24). The molecule has 128 valence electrons. The normalized spacial score (nSPS) is 15.6. The lowest BCUT2D eigenvalue weighted by Gasteiger charge is -2.11. The van der Waals surface area contributed by atoms with Gasteiger partial charge in [0.2, 0.25) is 0 Å². The Morgan fingerprint density at radius 1 is 1.20 bits per heavy atom. The number of amides is 3. The maximum absolute atomic E-state index is 13.0. The summed E-state index contributed by atoms with van der Waals surface area (Å²) in [5, 5.41) is 3.01. The number of carbonyl (C=O) groups is 2. The number of rotatable bonds is 4. The average Bonchev–Trinajstić information content (AvgIpc) is 2.84. The van der Waals surface area contributed by atoms with Gasteiger partial charge in [0.1, 0.15) is 17.3 Å². The van der Waals surface area contributed by atoms with E-state index in [0.717, 1.165) is 4.90 Å². The van der Waals surface area contributed by atoms with Gasteiger partial charge in [0.15, 0.2) is 0 Å². The lowest BCUT2D eigenvalue weighted by atomic mass is 10.1. The molecule has 1 aliphatic heterocycles. The van der Waals surface area contributed by atoms with Crippen molar-refractivity contribution in [3.05, 3.63) is 70.1 Å². The van der Waals surface area contributed by atoms with Gasteiger partial charge >= 0.3 is 6.03 Å². The van der Waals surface area contributed by atoms with Crippen molar-refractivity contribution in [1.82, 2.24) is 10.2 Å². The van der Waals surface area contributed by atoms with Crippen molar-refractivity contribution in [3.63, 3.8) is 0 Å². The molecule has 3 amide bonds. The van der Waals surface area contributed by atoms with E-state index in [1.165, 1.54) is 37.5 Å². The molecule has 0 aliphatic carbocycles. The summed E-state index contributed by atoms with van der Waals surface area (Å²) in [5.41, 5.74) is 1.33. The third-order valence-corrected chi connectivity index (χ3v) is 3.94. The number of nitrogens with zero attached hydrogens (tertiary/aromatic N) is 1. The lowest BCUT2D eigenvalue weighted by Crippen LogP contribution is -2.30. The molecule has 0 spiro atoms. The van der Waals surface area contributed by atoms with E-state index in [2.05, 4.69) is 5.32 Å². The van der Waals surface area contributed by atoms with Crippen LogP contribution in [0.25, 0.3) is 6.08 Å². The molecule has 2 aromatic rings. The van der Waals surface area contributed by atoms with E-state index in [4.69, 9.17) is 16.3 Å². The summed E-state index contributed by atoms with van der Waals surface area (Å²) in [5.74, 6) is -0.332. The number of carbonyl (C=O) groups excluding carboxylic acids is 2. The Bertz CT molecular complexity index is 865. The van der Waals surface area contributed by atoms with Crippen LogP contribution in [0.4, 0.5) is 9.18 Å². The van der Waals surface area contributed by atoms with Crippen molar-refractivity contribution in [3.8, 4) is 5.75 Å². The molecule has 2 aromatic carbocycles. The maximum Gasteiger partial charge on any atom is 0.329 e. The third-order valence-electron chi connectivity index (χ3n) is 3.71. The molecule has 1 N–H and O–H groups in total. The maximum atomic E-state index is 13.0. The number of urea groups is 1. The Morgan fingerprint density at radius 3 is 2.60 bits per heavy atom. The number of halogens is 2. The molecule has 25 heavy (non-hydrogen) atoms. The van der Waals surface area contributed by atoms with Gasteiger partial charge in [-0.15, -0.1) is 0 Å². The second-order valence-electron chi connectivity index (χ2n) is 5.39. The van der Waals surface area contributed by atoms with Crippen LogP contribution in [-0.4, -0.2) is 23.9 Å². The van der Waals surface area contributed by atoms with Crippen molar-refractivity contribution >= 4 is 29.6 Å². The number of imide groups is 1. The largest absolute Gasteiger partial charge is 0.496 e. The molecule has 0 atom stereocenters. The molecule has 1 aliphatic rings. The molecule has 1 saturated heterocycles. The van der Waals surface area contributed by atoms with Gasteiger partial charge in [0.05, 0.1) is 13.7 Å². The van der Waals surface area contributed by atoms with Crippen LogP contribution in [0.15, 0.2) is 48.2 Å². The summed E-state index contributed by atoms with van der Waals surface area (Å²) in [6, 6.07) is 10.0. The lowest BCUT2D eigenvalue weighted by molar-refractivity contribution is -0.123. The zero-order valence-corrected chi connectivity index (χ0v) is 14.0. The van der Waals surface area contributed by atoms with Crippen molar-refractivity contribution in [2.75, 3.05) is 7.11 Å². The van der Waals surface area contributed by atoms with E-state index in [0.29, 0.717) is 21.9 Å². The summed E-state index contributed by atoms with van der Waals surface area (Å²) in [6.07, 6.45) is 1.51. The first-order chi connectivity index (χ1) is 12.0. The van der Waals surface area contributed by atoms with Gasteiger partial charge in [-0.3, -0.25) is 9.69 Å². The molecular formula is C18H14ClFN2O3. The van der Waals surface area contributed by atoms with E-state index in [9.17, 15) is 14.0 Å². The zero-order chi connectivity index (χ0) is 18.0. The van der Waals surface area contributed by atoms with E-state index < -0.39 is 11.9 Å². The topological polar surface area (TPSA) is 58.6 Å². The van der Waals surface area contributed by atoms with Gasteiger partial charge in [-0.05, 0) is 42.0 Å². The van der Waals surface area contributed by atoms with Gasteiger partial charge in [-0.1, -0.05) is 23.7 Å². The molecule has 0 aromatic heterocycles. The van der Waals surface area contributed by atoms with Crippen LogP contribution >= 0.6 is 11.6 Å². The monoisotopic (exact) mass is 360 g/mol. The Balaban J connectivity index is 1.86. The van der Waals surface area contributed by atoms with Crippen LogP contribution < -0.4 is 10.1 Å². The first-order valence-corrected chi connectivity index (χ1v) is 7.78. The molecule has 0 radical (unpaired) electrons. The number of hydrogen-bond acceptors (Lipinski definition) is 3. The molecule has 0 saturated carbocycles. The van der Waals surface area contributed by atoms with Gasteiger partial charge in [0, 0.05) is 10.6 Å². The quantitative estimate of drug-likeness (QED) is 0.669. The minimum atomic E-state index is -0.540. The molecule has 3 rings (SSSR count). The molecular weight excluding hydrogens is 347 g/mol. The predicted octanol–water partition coefficient (Wildman–Crippen LogP) is 3.58.